The molecule has 0 radical (unpaired) electrons. The monoisotopic (exact) mass is 249 g/mol. The average Bonchev–Trinajstić information content (AvgIpc) is 2.33. The van der Waals surface area contributed by atoms with Gasteiger partial charge in [0.2, 0.25) is 0 Å². The molecule has 0 atom stereocenters. The van der Waals surface area contributed by atoms with Crippen LogP contribution < -0.4 is 5.73 Å². The van der Waals surface area contributed by atoms with E-state index in [9.17, 15) is 0 Å². The third-order valence-electron chi connectivity index (χ3n) is 2.74. The molecule has 2 N–H and O–H groups in total. The van der Waals surface area contributed by atoms with Crippen molar-refractivity contribution in [2.75, 3.05) is 0 Å². The molecule has 0 fully saturated rings. The number of nitrogens with two attached hydrogens (primary N) is 1. The van der Waals surface area contributed by atoms with Crippen molar-refractivity contribution in [1.29, 1.82) is 0 Å². The van der Waals surface area contributed by atoms with Gasteiger partial charge in [0.15, 0.2) is 0 Å². The first-order chi connectivity index (χ1) is 7.70. The standard InChI is InChI=1S/C13H15N3.ClH/c1-9-3-4-11(5-10(9)2)13-6-12(7-14)15-8-16-13;/h3-6,8H,7,14H2,1-2H3;1H. The van der Waals surface area contributed by atoms with Crippen molar-refractivity contribution in [2.45, 2.75) is 20.4 Å². The number of aryl methyl sites for hydroxylation is 2. The van der Waals surface area contributed by atoms with Crippen LogP contribution in [0.4, 0.5) is 0 Å². The van der Waals surface area contributed by atoms with E-state index in [4.69, 9.17) is 5.73 Å². The maximum Gasteiger partial charge on any atom is 0.116 e. The van der Waals surface area contributed by atoms with Crippen molar-refractivity contribution in [3.63, 3.8) is 0 Å². The Morgan fingerprint density at radius 2 is 1.82 bits per heavy atom. The van der Waals surface area contributed by atoms with Crippen LogP contribution in [-0.4, -0.2) is 9.97 Å². The number of benzene rings is 1. The van der Waals surface area contributed by atoms with Crippen molar-refractivity contribution in [3.8, 4) is 11.3 Å². The van der Waals surface area contributed by atoms with E-state index in [1.165, 1.54) is 11.1 Å². The molecule has 0 unspecified atom stereocenters. The van der Waals surface area contributed by atoms with Crippen molar-refractivity contribution in [1.82, 2.24) is 9.97 Å². The molecule has 2 aromatic rings. The smallest absolute Gasteiger partial charge is 0.116 e. The van der Waals surface area contributed by atoms with Gasteiger partial charge in [-0.05, 0) is 37.1 Å². The predicted octanol–water partition coefficient (Wildman–Crippen LogP) is 2.64. The summed E-state index contributed by atoms with van der Waals surface area (Å²) in [5.41, 5.74) is 11.0. The van der Waals surface area contributed by atoms with E-state index >= 15 is 0 Å². The molecule has 90 valence electrons. The summed E-state index contributed by atoms with van der Waals surface area (Å²) in [5, 5.41) is 0. The van der Waals surface area contributed by atoms with Gasteiger partial charge in [-0.15, -0.1) is 12.4 Å². The molecular formula is C13H16ClN3. The van der Waals surface area contributed by atoms with Crippen LogP contribution in [0, 0.1) is 13.8 Å². The highest BCUT2D eigenvalue weighted by molar-refractivity contribution is 5.85. The van der Waals surface area contributed by atoms with Crippen LogP contribution >= 0.6 is 12.4 Å². The van der Waals surface area contributed by atoms with Crippen molar-refractivity contribution in [2.24, 2.45) is 5.73 Å². The number of aromatic nitrogens is 2. The van der Waals surface area contributed by atoms with Gasteiger partial charge in [0.25, 0.3) is 0 Å². The molecule has 0 aliphatic carbocycles. The molecule has 0 spiro atoms. The fourth-order valence-corrected chi connectivity index (χ4v) is 1.57. The van der Waals surface area contributed by atoms with E-state index in [-0.39, 0.29) is 12.4 Å². The molecule has 2 rings (SSSR count). The molecule has 0 amide bonds. The second-order valence-corrected chi connectivity index (χ2v) is 3.90. The Hall–Kier alpha value is -1.45. The summed E-state index contributed by atoms with van der Waals surface area (Å²) in [4.78, 5) is 8.35. The summed E-state index contributed by atoms with van der Waals surface area (Å²) in [6.07, 6.45) is 1.56. The van der Waals surface area contributed by atoms with Crippen molar-refractivity contribution in [3.05, 3.63) is 47.4 Å². The number of rotatable bonds is 2. The summed E-state index contributed by atoms with van der Waals surface area (Å²) in [5.74, 6) is 0. The van der Waals surface area contributed by atoms with E-state index in [1.54, 1.807) is 6.33 Å². The van der Waals surface area contributed by atoms with Gasteiger partial charge in [-0.25, -0.2) is 9.97 Å². The third kappa shape index (κ3) is 3.02. The number of hydrogen-bond donors (Lipinski definition) is 1. The van der Waals surface area contributed by atoms with Gasteiger partial charge < -0.3 is 5.73 Å². The minimum Gasteiger partial charge on any atom is -0.325 e. The Kier molecular flexibility index (Phi) is 4.61. The zero-order valence-corrected chi connectivity index (χ0v) is 10.8. The maximum atomic E-state index is 5.56. The normalized spacial score (nSPS) is 9.82. The Labute approximate surface area is 108 Å². The second kappa shape index (κ2) is 5.75. The predicted molar refractivity (Wildman–Crippen MR) is 72.1 cm³/mol. The number of halogens is 1. The molecule has 0 aliphatic rings. The lowest BCUT2D eigenvalue weighted by Crippen LogP contribution is -2.00. The number of nitrogens with zero attached hydrogens (tertiary/aromatic N) is 2. The number of hydrogen-bond acceptors (Lipinski definition) is 3. The van der Waals surface area contributed by atoms with Gasteiger partial charge >= 0.3 is 0 Å². The summed E-state index contributed by atoms with van der Waals surface area (Å²) < 4.78 is 0. The fraction of sp³-hybridized carbons (Fsp3) is 0.231. The average molecular weight is 250 g/mol. The van der Waals surface area contributed by atoms with Crippen LogP contribution in [0.25, 0.3) is 11.3 Å². The van der Waals surface area contributed by atoms with Gasteiger partial charge in [-0.1, -0.05) is 12.1 Å². The molecule has 3 nitrogen and oxygen atoms in total. The quantitative estimate of drug-likeness (QED) is 0.890. The Bertz CT molecular complexity index is 512. The molecule has 1 aromatic carbocycles. The fourth-order valence-electron chi connectivity index (χ4n) is 1.57. The van der Waals surface area contributed by atoms with Crippen LogP contribution in [0.2, 0.25) is 0 Å². The van der Waals surface area contributed by atoms with Crippen LogP contribution in [0.5, 0.6) is 0 Å². The van der Waals surface area contributed by atoms with Gasteiger partial charge in [-0.3, -0.25) is 0 Å². The zero-order chi connectivity index (χ0) is 11.5. The summed E-state index contributed by atoms with van der Waals surface area (Å²) in [6, 6.07) is 8.25. The first-order valence-electron chi connectivity index (χ1n) is 5.29. The van der Waals surface area contributed by atoms with Crippen LogP contribution in [0.1, 0.15) is 16.8 Å². The minimum atomic E-state index is 0. The lowest BCUT2D eigenvalue weighted by molar-refractivity contribution is 0.966. The first-order valence-corrected chi connectivity index (χ1v) is 5.29. The molecule has 0 aliphatic heterocycles. The highest BCUT2D eigenvalue weighted by Gasteiger charge is 2.02. The van der Waals surface area contributed by atoms with Gasteiger partial charge in [0.05, 0.1) is 11.4 Å². The zero-order valence-electron chi connectivity index (χ0n) is 9.97. The van der Waals surface area contributed by atoms with Crippen molar-refractivity contribution >= 4 is 12.4 Å². The molecule has 0 saturated heterocycles. The molecular weight excluding hydrogens is 234 g/mol. The molecule has 17 heavy (non-hydrogen) atoms. The Balaban J connectivity index is 0.00000144. The Morgan fingerprint density at radius 3 is 2.47 bits per heavy atom. The van der Waals surface area contributed by atoms with E-state index in [0.29, 0.717) is 6.54 Å². The minimum absolute atomic E-state index is 0. The molecule has 4 heteroatoms. The van der Waals surface area contributed by atoms with E-state index in [2.05, 4.69) is 42.0 Å². The molecule has 1 aromatic heterocycles. The summed E-state index contributed by atoms with van der Waals surface area (Å²) in [6.45, 7) is 4.65. The lowest BCUT2D eigenvalue weighted by atomic mass is 10.0. The largest absolute Gasteiger partial charge is 0.325 e. The molecule has 0 saturated carbocycles. The van der Waals surface area contributed by atoms with E-state index in [1.807, 2.05) is 6.07 Å². The second-order valence-electron chi connectivity index (χ2n) is 3.90. The highest BCUT2D eigenvalue weighted by Crippen LogP contribution is 2.20. The highest BCUT2D eigenvalue weighted by atomic mass is 35.5. The van der Waals surface area contributed by atoms with Gasteiger partial charge in [0.1, 0.15) is 6.33 Å². The lowest BCUT2D eigenvalue weighted by Gasteiger charge is -2.05. The molecule has 0 bridgehead atoms. The van der Waals surface area contributed by atoms with E-state index < -0.39 is 0 Å². The molecule has 1 heterocycles. The SMILES string of the molecule is Cc1ccc(-c2cc(CN)ncn2)cc1C.Cl. The topological polar surface area (TPSA) is 51.8 Å². The first kappa shape index (κ1) is 13.6. The van der Waals surface area contributed by atoms with E-state index in [0.717, 1.165) is 17.0 Å². The summed E-state index contributed by atoms with van der Waals surface area (Å²) in [7, 11) is 0. The Morgan fingerprint density at radius 1 is 1.06 bits per heavy atom. The van der Waals surface area contributed by atoms with Crippen molar-refractivity contribution < 1.29 is 0 Å². The van der Waals surface area contributed by atoms with Gasteiger partial charge in [0, 0.05) is 12.1 Å². The van der Waals surface area contributed by atoms with Crippen LogP contribution in [0.3, 0.4) is 0 Å². The van der Waals surface area contributed by atoms with Crippen LogP contribution in [0.15, 0.2) is 30.6 Å². The van der Waals surface area contributed by atoms with Crippen LogP contribution in [-0.2, 0) is 6.54 Å². The summed E-state index contributed by atoms with van der Waals surface area (Å²) >= 11 is 0. The third-order valence-corrected chi connectivity index (χ3v) is 2.74. The van der Waals surface area contributed by atoms with Gasteiger partial charge in [-0.2, -0.15) is 0 Å². The maximum absolute atomic E-state index is 5.56.